The van der Waals surface area contributed by atoms with Crippen LogP contribution in [-0.2, 0) is 13.1 Å². The molecule has 1 amide bonds. The Morgan fingerprint density at radius 3 is 2.32 bits per heavy atom. The summed E-state index contributed by atoms with van der Waals surface area (Å²) in [6.45, 7) is 8.00. The summed E-state index contributed by atoms with van der Waals surface area (Å²) in [4.78, 5) is 16.9. The molecule has 0 saturated heterocycles. The molecule has 0 saturated carbocycles. The summed E-state index contributed by atoms with van der Waals surface area (Å²) < 4.78 is 0. The Kier molecular flexibility index (Phi) is 6.71. The highest BCUT2D eigenvalue weighted by molar-refractivity contribution is 6.30. The van der Waals surface area contributed by atoms with Gasteiger partial charge in [-0.2, -0.15) is 0 Å². The fraction of sp³-hybridized carbons (Fsp3) is 0.292. The number of benzene rings is 3. The molecule has 3 aromatic carbocycles. The van der Waals surface area contributed by atoms with Crippen molar-refractivity contribution >= 4 is 28.3 Å². The average Bonchev–Trinajstić information content (AvgIpc) is 2.72. The second-order valence-corrected chi connectivity index (χ2v) is 7.54. The van der Waals surface area contributed by atoms with Crippen LogP contribution < -0.4 is 0 Å². The maximum absolute atomic E-state index is 12.7. The maximum atomic E-state index is 12.7. The van der Waals surface area contributed by atoms with Crippen molar-refractivity contribution in [3.05, 3.63) is 82.4 Å². The van der Waals surface area contributed by atoms with Gasteiger partial charge in [0.25, 0.3) is 5.91 Å². The summed E-state index contributed by atoms with van der Waals surface area (Å²) in [6.07, 6.45) is 0. The molecule has 3 nitrogen and oxygen atoms in total. The first-order chi connectivity index (χ1) is 13.5. The molecule has 0 N–H and O–H groups in total. The van der Waals surface area contributed by atoms with Gasteiger partial charge in [-0.05, 0) is 65.3 Å². The number of hydrogen-bond donors (Lipinski definition) is 0. The van der Waals surface area contributed by atoms with Gasteiger partial charge < -0.3 is 4.90 Å². The Morgan fingerprint density at radius 1 is 0.929 bits per heavy atom. The van der Waals surface area contributed by atoms with Crippen LogP contribution in [0.2, 0.25) is 5.02 Å². The summed E-state index contributed by atoms with van der Waals surface area (Å²) in [7, 11) is 1.84. The maximum Gasteiger partial charge on any atom is 0.253 e. The summed E-state index contributed by atoms with van der Waals surface area (Å²) >= 11 is 5.93. The normalized spacial score (nSPS) is 11.2. The second kappa shape index (κ2) is 9.22. The average molecular weight is 395 g/mol. The number of carbonyl (C=O) groups is 1. The number of rotatable bonds is 7. The van der Waals surface area contributed by atoms with Crippen molar-refractivity contribution in [1.29, 1.82) is 0 Å². The molecule has 0 aliphatic carbocycles. The van der Waals surface area contributed by atoms with Gasteiger partial charge in [0.15, 0.2) is 0 Å². The molecule has 0 atom stereocenters. The van der Waals surface area contributed by atoms with Crippen LogP contribution in [0.4, 0.5) is 0 Å². The Labute approximate surface area is 172 Å². The zero-order chi connectivity index (χ0) is 20.1. The van der Waals surface area contributed by atoms with E-state index in [1.807, 2.05) is 7.05 Å². The first-order valence-electron chi connectivity index (χ1n) is 9.75. The monoisotopic (exact) mass is 394 g/mol. The van der Waals surface area contributed by atoms with E-state index in [2.05, 4.69) is 55.1 Å². The van der Waals surface area contributed by atoms with E-state index in [0.717, 1.165) is 25.2 Å². The molecule has 3 rings (SSSR count). The fourth-order valence-electron chi connectivity index (χ4n) is 3.48. The molecular weight excluding hydrogens is 368 g/mol. The lowest BCUT2D eigenvalue weighted by atomic mass is 10.0. The standard InChI is InChI=1S/C24H27ClN2O/c1-4-27(5-2)16-18-9-14-23-20(15-18)7-6-8-21(23)17-26(3)24(28)19-10-12-22(25)13-11-19/h6-15H,4-5,16-17H2,1-3H3. The minimum atomic E-state index is -0.00757. The SMILES string of the molecule is CCN(CC)Cc1ccc2c(CN(C)C(=O)c3ccc(Cl)cc3)cccc2c1. The first kappa shape index (κ1) is 20.4. The minimum Gasteiger partial charge on any atom is -0.337 e. The Bertz CT molecular complexity index is 948. The van der Waals surface area contributed by atoms with E-state index in [4.69, 9.17) is 11.6 Å². The van der Waals surface area contributed by atoms with E-state index in [1.54, 1.807) is 29.2 Å². The van der Waals surface area contributed by atoms with Crippen LogP contribution in [0, 0.1) is 0 Å². The van der Waals surface area contributed by atoms with Crippen LogP contribution in [0.25, 0.3) is 10.8 Å². The van der Waals surface area contributed by atoms with E-state index < -0.39 is 0 Å². The smallest absolute Gasteiger partial charge is 0.253 e. The summed E-state index contributed by atoms with van der Waals surface area (Å²) in [6, 6.07) is 20.0. The quantitative estimate of drug-likeness (QED) is 0.520. The topological polar surface area (TPSA) is 23.6 Å². The zero-order valence-electron chi connectivity index (χ0n) is 16.8. The molecule has 28 heavy (non-hydrogen) atoms. The molecule has 0 unspecified atom stereocenters. The van der Waals surface area contributed by atoms with Crippen molar-refractivity contribution in [3.8, 4) is 0 Å². The van der Waals surface area contributed by atoms with Crippen molar-refractivity contribution in [3.63, 3.8) is 0 Å². The minimum absolute atomic E-state index is 0.00757. The van der Waals surface area contributed by atoms with Crippen LogP contribution in [-0.4, -0.2) is 35.8 Å². The third-order valence-corrected chi connectivity index (χ3v) is 5.43. The third-order valence-electron chi connectivity index (χ3n) is 5.18. The lowest BCUT2D eigenvalue weighted by Crippen LogP contribution is -2.26. The van der Waals surface area contributed by atoms with Crippen LogP contribution in [0.1, 0.15) is 35.3 Å². The van der Waals surface area contributed by atoms with Gasteiger partial charge in [-0.25, -0.2) is 0 Å². The number of amides is 1. The number of hydrogen-bond acceptors (Lipinski definition) is 2. The molecule has 0 aliphatic rings. The van der Waals surface area contributed by atoms with Crippen molar-refractivity contribution in [1.82, 2.24) is 9.80 Å². The van der Waals surface area contributed by atoms with Crippen molar-refractivity contribution in [2.24, 2.45) is 0 Å². The summed E-state index contributed by atoms with van der Waals surface area (Å²) in [5.74, 6) is -0.00757. The van der Waals surface area contributed by atoms with Crippen molar-refractivity contribution in [2.45, 2.75) is 26.9 Å². The van der Waals surface area contributed by atoms with Gasteiger partial charge in [0.2, 0.25) is 0 Å². The number of carbonyl (C=O) groups excluding carboxylic acids is 1. The highest BCUT2D eigenvalue weighted by atomic mass is 35.5. The zero-order valence-corrected chi connectivity index (χ0v) is 17.5. The van der Waals surface area contributed by atoms with E-state index in [9.17, 15) is 4.79 Å². The Hall–Kier alpha value is -2.36. The van der Waals surface area contributed by atoms with Gasteiger partial charge >= 0.3 is 0 Å². The van der Waals surface area contributed by atoms with E-state index in [-0.39, 0.29) is 5.91 Å². The molecule has 0 heterocycles. The molecule has 3 aromatic rings. The van der Waals surface area contributed by atoms with E-state index in [1.165, 1.54) is 16.3 Å². The lowest BCUT2D eigenvalue weighted by Gasteiger charge is -2.20. The van der Waals surface area contributed by atoms with Gasteiger partial charge in [-0.15, -0.1) is 0 Å². The van der Waals surface area contributed by atoms with Gasteiger partial charge in [0.05, 0.1) is 0 Å². The molecule has 0 radical (unpaired) electrons. The second-order valence-electron chi connectivity index (χ2n) is 7.10. The summed E-state index contributed by atoms with van der Waals surface area (Å²) in [5, 5.41) is 3.05. The van der Waals surface area contributed by atoms with E-state index >= 15 is 0 Å². The van der Waals surface area contributed by atoms with Gasteiger partial charge in [0.1, 0.15) is 0 Å². The van der Waals surface area contributed by atoms with Gasteiger partial charge in [0, 0.05) is 30.7 Å². The van der Waals surface area contributed by atoms with Crippen LogP contribution in [0.5, 0.6) is 0 Å². The van der Waals surface area contributed by atoms with Crippen molar-refractivity contribution < 1.29 is 4.79 Å². The number of halogens is 1. The Morgan fingerprint density at radius 2 is 1.64 bits per heavy atom. The molecule has 4 heteroatoms. The largest absolute Gasteiger partial charge is 0.337 e. The first-order valence-corrected chi connectivity index (χ1v) is 10.1. The van der Waals surface area contributed by atoms with E-state index in [0.29, 0.717) is 17.1 Å². The molecule has 0 fully saturated rings. The fourth-order valence-corrected chi connectivity index (χ4v) is 3.61. The number of nitrogens with zero attached hydrogens (tertiary/aromatic N) is 2. The van der Waals surface area contributed by atoms with Crippen LogP contribution >= 0.6 is 11.6 Å². The predicted octanol–water partition coefficient (Wildman–Crippen LogP) is 5.61. The molecule has 0 aliphatic heterocycles. The number of fused-ring (bicyclic) bond motifs is 1. The molecular formula is C24H27ClN2O. The van der Waals surface area contributed by atoms with Crippen molar-refractivity contribution in [2.75, 3.05) is 20.1 Å². The van der Waals surface area contributed by atoms with Crippen LogP contribution in [0.3, 0.4) is 0 Å². The highest BCUT2D eigenvalue weighted by Gasteiger charge is 2.13. The highest BCUT2D eigenvalue weighted by Crippen LogP contribution is 2.23. The molecule has 0 spiro atoms. The van der Waals surface area contributed by atoms with Gasteiger partial charge in [-0.3, -0.25) is 9.69 Å². The molecule has 0 aromatic heterocycles. The van der Waals surface area contributed by atoms with Gasteiger partial charge in [-0.1, -0.05) is 55.8 Å². The Balaban J connectivity index is 1.80. The summed E-state index contributed by atoms with van der Waals surface area (Å²) in [5.41, 5.74) is 3.12. The predicted molar refractivity (Wildman–Crippen MR) is 118 cm³/mol. The lowest BCUT2D eigenvalue weighted by molar-refractivity contribution is 0.0785. The third kappa shape index (κ3) is 4.73. The van der Waals surface area contributed by atoms with Crippen LogP contribution in [0.15, 0.2) is 60.7 Å². The molecule has 0 bridgehead atoms. The molecule has 146 valence electrons.